The quantitative estimate of drug-likeness (QED) is 0.879. The molecule has 0 aromatic heterocycles. The summed E-state index contributed by atoms with van der Waals surface area (Å²) in [5.74, 6) is -0.592. The average molecular weight is 320 g/mol. The fourth-order valence-corrected chi connectivity index (χ4v) is 4.42. The third kappa shape index (κ3) is 2.76. The van der Waals surface area contributed by atoms with Crippen LogP contribution in [0.5, 0.6) is 0 Å². The Morgan fingerprint density at radius 1 is 1.43 bits per heavy atom. The molecule has 4 atom stereocenters. The van der Waals surface area contributed by atoms with Gasteiger partial charge < -0.3 is 15.7 Å². The molecular formula is C18H25FN2O2. The first-order chi connectivity index (χ1) is 11.0. The lowest BCUT2D eigenvalue weighted by atomic mass is 9.75. The summed E-state index contributed by atoms with van der Waals surface area (Å²) in [7, 11) is 0. The molecular weight excluding hydrogens is 295 g/mol. The van der Waals surface area contributed by atoms with Crippen LogP contribution in [0, 0.1) is 11.2 Å². The van der Waals surface area contributed by atoms with Crippen LogP contribution < -0.4 is 5.73 Å². The number of nitrogens with two attached hydrogens (primary N) is 1. The number of hydrogen-bond acceptors (Lipinski definition) is 3. The number of carbonyl (C=O) groups is 1. The molecule has 126 valence electrons. The molecule has 3 N–H and O–H groups in total. The fraction of sp³-hybridized carbons (Fsp3) is 0.611. The Morgan fingerprint density at radius 3 is 2.87 bits per heavy atom. The first-order valence-corrected chi connectivity index (χ1v) is 8.43. The number of halogens is 1. The highest BCUT2D eigenvalue weighted by molar-refractivity contribution is 5.95. The molecule has 3 rings (SSSR count). The van der Waals surface area contributed by atoms with Crippen molar-refractivity contribution < 1.29 is 14.3 Å². The van der Waals surface area contributed by atoms with E-state index in [0.717, 1.165) is 25.7 Å². The van der Waals surface area contributed by atoms with Crippen molar-refractivity contribution in [2.24, 2.45) is 11.1 Å². The third-order valence-electron chi connectivity index (χ3n) is 5.71. The standard InChI is InChI=1S/C18H25FN2O2/c1-18-10-14(11-20)21(15(18)7-2-3-8-16(18)22)17(23)12-5-4-6-13(19)9-12/h4-6,9,14-16,22H,2-3,7-8,10-11,20H2,1H3/t14-,15-,16-,18-/m1/s1. The van der Waals surface area contributed by atoms with Crippen molar-refractivity contribution in [3.63, 3.8) is 0 Å². The molecule has 2 aliphatic rings. The van der Waals surface area contributed by atoms with E-state index in [-0.39, 0.29) is 23.4 Å². The van der Waals surface area contributed by atoms with Gasteiger partial charge in [0.2, 0.25) is 0 Å². The number of rotatable bonds is 2. The van der Waals surface area contributed by atoms with Gasteiger partial charge in [-0.25, -0.2) is 4.39 Å². The van der Waals surface area contributed by atoms with Gasteiger partial charge in [-0.15, -0.1) is 0 Å². The highest BCUT2D eigenvalue weighted by Gasteiger charge is 2.54. The first-order valence-electron chi connectivity index (χ1n) is 8.43. The van der Waals surface area contributed by atoms with E-state index in [1.54, 1.807) is 12.1 Å². The van der Waals surface area contributed by atoms with Gasteiger partial charge in [-0.05, 0) is 37.5 Å². The first kappa shape index (κ1) is 16.4. The lowest BCUT2D eigenvalue weighted by molar-refractivity contribution is 0.0121. The predicted molar refractivity (Wildman–Crippen MR) is 86.4 cm³/mol. The molecule has 0 spiro atoms. The molecule has 1 aromatic rings. The minimum absolute atomic E-state index is 0.0377. The van der Waals surface area contributed by atoms with Gasteiger partial charge in [0.1, 0.15) is 5.82 Å². The van der Waals surface area contributed by atoms with Gasteiger partial charge in [0, 0.05) is 29.6 Å². The van der Waals surface area contributed by atoms with Crippen molar-refractivity contribution >= 4 is 5.91 Å². The van der Waals surface area contributed by atoms with Crippen LogP contribution in [0.15, 0.2) is 24.3 Å². The second-order valence-electron chi connectivity index (χ2n) is 7.14. The van der Waals surface area contributed by atoms with Gasteiger partial charge in [0.15, 0.2) is 0 Å². The molecule has 0 unspecified atom stereocenters. The highest BCUT2D eigenvalue weighted by atomic mass is 19.1. The van der Waals surface area contributed by atoms with Crippen molar-refractivity contribution in [1.82, 2.24) is 4.90 Å². The van der Waals surface area contributed by atoms with E-state index in [2.05, 4.69) is 6.92 Å². The predicted octanol–water partition coefficient (Wildman–Crippen LogP) is 2.31. The van der Waals surface area contributed by atoms with E-state index >= 15 is 0 Å². The number of fused-ring (bicyclic) bond motifs is 1. The van der Waals surface area contributed by atoms with Crippen molar-refractivity contribution in [2.45, 2.75) is 57.2 Å². The van der Waals surface area contributed by atoms with E-state index < -0.39 is 11.9 Å². The van der Waals surface area contributed by atoms with Gasteiger partial charge in [0.05, 0.1) is 6.10 Å². The topological polar surface area (TPSA) is 66.6 Å². The Hall–Kier alpha value is -1.46. The maximum atomic E-state index is 13.5. The van der Waals surface area contributed by atoms with Crippen molar-refractivity contribution in [1.29, 1.82) is 0 Å². The van der Waals surface area contributed by atoms with Crippen molar-refractivity contribution in [3.8, 4) is 0 Å². The van der Waals surface area contributed by atoms with Gasteiger partial charge >= 0.3 is 0 Å². The summed E-state index contributed by atoms with van der Waals surface area (Å²) in [6.45, 7) is 2.43. The summed E-state index contributed by atoms with van der Waals surface area (Å²) in [5, 5.41) is 10.6. The van der Waals surface area contributed by atoms with Crippen LogP contribution in [-0.4, -0.2) is 40.6 Å². The van der Waals surface area contributed by atoms with Crippen LogP contribution in [0.25, 0.3) is 0 Å². The van der Waals surface area contributed by atoms with E-state index in [1.807, 2.05) is 4.90 Å². The van der Waals surface area contributed by atoms with E-state index in [4.69, 9.17) is 5.73 Å². The van der Waals surface area contributed by atoms with E-state index in [1.165, 1.54) is 12.1 Å². The number of aliphatic hydroxyl groups excluding tert-OH is 1. The fourth-order valence-electron chi connectivity index (χ4n) is 4.42. The number of carbonyl (C=O) groups excluding carboxylic acids is 1. The van der Waals surface area contributed by atoms with E-state index in [0.29, 0.717) is 18.5 Å². The number of aliphatic hydroxyl groups is 1. The Labute approximate surface area is 136 Å². The maximum Gasteiger partial charge on any atom is 0.254 e. The molecule has 23 heavy (non-hydrogen) atoms. The molecule has 1 aliphatic heterocycles. The molecule has 1 amide bonds. The normalized spacial score (nSPS) is 34.1. The van der Waals surface area contributed by atoms with E-state index in [9.17, 15) is 14.3 Å². The molecule has 1 aliphatic carbocycles. The van der Waals surface area contributed by atoms with Crippen molar-refractivity contribution in [3.05, 3.63) is 35.6 Å². The number of benzene rings is 1. The second-order valence-corrected chi connectivity index (χ2v) is 7.14. The van der Waals surface area contributed by atoms with Crippen LogP contribution in [0.1, 0.15) is 49.4 Å². The summed E-state index contributed by atoms with van der Waals surface area (Å²) in [6.07, 6.45) is 3.88. The third-order valence-corrected chi connectivity index (χ3v) is 5.71. The summed E-state index contributed by atoms with van der Waals surface area (Å²) < 4.78 is 13.5. The highest BCUT2D eigenvalue weighted by Crippen LogP contribution is 2.48. The number of nitrogens with zero attached hydrogens (tertiary/aromatic N) is 1. The Balaban J connectivity index is 1.97. The van der Waals surface area contributed by atoms with Crippen LogP contribution in [0.2, 0.25) is 0 Å². The molecule has 0 bridgehead atoms. The number of hydrogen-bond donors (Lipinski definition) is 2. The monoisotopic (exact) mass is 320 g/mol. The lowest BCUT2D eigenvalue weighted by Crippen LogP contribution is -2.48. The molecule has 1 aromatic carbocycles. The molecule has 4 nitrogen and oxygen atoms in total. The lowest BCUT2D eigenvalue weighted by Gasteiger charge is -2.37. The molecule has 5 heteroatoms. The zero-order chi connectivity index (χ0) is 16.6. The van der Waals surface area contributed by atoms with Crippen LogP contribution in [0.3, 0.4) is 0 Å². The molecule has 2 fully saturated rings. The number of amides is 1. The summed E-state index contributed by atoms with van der Waals surface area (Å²) >= 11 is 0. The van der Waals surface area contributed by atoms with Gasteiger partial charge in [0.25, 0.3) is 5.91 Å². The Bertz CT molecular complexity index is 594. The zero-order valence-electron chi connectivity index (χ0n) is 13.5. The molecule has 1 saturated carbocycles. The minimum Gasteiger partial charge on any atom is -0.392 e. The summed E-state index contributed by atoms with van der Waals surface area (Å²) in [4.78, 5) is 14.8. The summed E-state index contributed by atoms with van der Waals surface area (Å²) in [6, 6.07) is 5.66. The van der Waals surface area contributed by atoms with Crippen molar-refractivity contribution in [2.75, 3.05) is 6.54 Å². The zero-order valence-corrected chi connectivity index (χ0v) is 13.5. The summed E-state index contributed by atoms with van der Waals surface area (Å²) in [5.41, 5.74) is 5.94. The molecule has 1 heterocycles. The van der Waals surface area contributed by atoms with Crippen LogP contribution in [-0.2, 0) is 0 Å². The largest absolute Gasteiger partial charge is 0.392 e. The minimum atomic E-state index is -0.422. The smallest absolute Gasteiger partial charge is 0.254 e. The maximum absolute atomic E-state index is 13.5. The van der Waals surface area contributed by atoms with Gasteiger partial charge in [-0.2, -0.15) is 0 Å². The van der Waals surface area contributed by atoms with Gasteiger partial charge in [-0.1, -0.05) is 25.8 Å². The van der Waals surface area contributed by atoms with Crippen LogP contribution in [0.4, 0.5) is 4.39 Å². The van der Waals surface area contributed by atoms with Crippen LogP contribution >= 0.6 is 0 Å². The average Bonchev–Trinajstić information content (AvgIpc) is 2.76. The second kappa shape index (κ2) is 6.21. The molecule has 0 radical (unpaired) electrons. The Morgan fingerprint density at radius 2 is 2.17 bits per heavy atom. The Kier molecular flexibility index (Phi) is 4.43. The SMILES string of the molecule is C[C@@]12C[C@H](CN)N(C(=O)c3cccc(F)c3)[C@@H]1CCCC[C@H]2O. The number of likely N-dealkylation sites (tertiary alicyclic amines) is 1. The van der Waals surface area contributed by atoms with Gasteiger partial charge in [-0.3, -0.25) is 4.79 Å². The molecule has 1 saturated heterocycles.